The molecule has 1 aromatic carbocycles. The van der Waals surface area contributed by atoms with E-state index in [4.69, 9.17) is 5.11 Å². The molecule has 0 unspecified atom stereocenters. The molecule has 0 aliphatic rings. The maximum atomic E-state index is 11.3. The lowest BCUT2D eigenvalue weighted by atomic mass is 10.2. The molecule has 0 aromatic heterocycles. The van der Waals surface area contributed by atoms with E-state index in [0.717, 1.165) is 10.0 Å². The van der Waals surface area contributed by atoms with Gasteiger partial charge in [-0.05, 0) is 17.7 Å². The van der Waals surface area contributed by atoms with Gasteiger partial charge < -0.3 is 10.4 Å². The SMILES string of the molecule is O=C(O)CCNC(=O)/C=C/c1ccccc1Br. The number of nitrogens with one attached hydrogen (secondary N) is 1. The van der Waals surface area contributed by atoms with Crippen LogP contribution < -0.4 is 5.32 Å². The van der Waals surface area contributed by atoms with Crippen molar-refractivity contribution in [1.29, 1.82) is 0 Å². The van der Waals surface area contributed by atoms with Crippen LogP contribution in [0, 0.1) is 0 Å². The van der Waals surface area contributed by atoms with Gasteiger partial charge in [0.1, 0.15) is 0 Å². The fraction of sp³-hybridized carbons (Fsp3) is 0.167. The van der Waals surface area contributed by atoms with Gasteiger partial charge in [0.2, 0.25) is 5.91 Å². The third kappa shape index (κ3) is 5.31. The third-order valence-electron chi connectivity index (χ3n) is 1.96. The lowest BCUT2D eigenvalue weighted by Crippen LogP contribution is -2.23. The van der Waals surface area contributed by atoms with Gasteiger partial charge in [-0.25, -0.2) is 0 Å². The largest absolute Gasteiger partial charge is 0.481 e. The Morgan fingerprint density at radius 1 is 1.35 bits per heavy atom. The number of carboxylic acid groups (broad SMARTS) is 1. The average Bonchev–Trinajstić information content (AvgIpc) is 2.27. The Hall–Kier alpha value is -1.62. The Kier molecular flexibility index (Phi) is 5.42. The Balaban J connectivity index is 2.46. The van der Waals surface area contributed by atoms with Crippen molar-refractivity contribution in [3.8, 4) is 0 Å². The van der Waals surface area contributed by atoms with Gasteiger partial charge in [0, 0.05) is 17.1 Å². The summed E-state index contributed by atoms with van der Waals surface area (Å²) in [5.74, 6) is -1.23. The molecule has 17 heavy (non-hydrogen) atoms. The van der Waals surface area contributed by atoms with Gasteiger partial charge in [0.15, 0.2) is 0 Å². The van der Waals surface area contributed by atoms with Gasteiger partial charge >= 0.3 is 5.97 Å². The molecule has 0 bridgehead atoms. The Morgan fingerprint density at radius 3 is 2.71 bits per heavy atom. The summed E-state index contributed by atoms with van der Waals surface area (Å²) in [5.41, 5.74) is 0.890. The van der Waals surface area contributed by atoms with Crippen LogP contribution in [0.25, 0.3) is 6.08 Å². The van der Waals surface area contributed by atoms with E-state index in [1.54, 1.807) is 6.08 Å². The fourth-order valence-electron chi connectivity index (χ4n) is 1.13. The van der Waals surface area contributed by atoms with Crippen LogP contribution in [0.15, 0.2) is 34.8 Å². The second-order valence-electron chi connectivity index (χ2n) is 3.29. The van der Waals surface area contributed by atoms with Crippen LogP contribution in [0.4, 0.5) is 0 Å². The van der Waals surface area contributed by atoms with E-state index in [2.05, 4.69) is 21.2 Å². The highest BCUT2D eigenvalue weighted by atomic mass is 79.9. The van der Waals surface area contributed by atoms with Crippen LogP contribution >= 0.6 is 15.9 Å². The molecule has 1 aromatic rings. The number of benzene rings is 1. The number of carboxylic acids is 1. The number of hydrogen-bond donors (Lipinski definition) is 2. The van der Waals surface area contributed by atoms with Crippen LogP contribution in [-0.4, -0.2) is 23.5 Å². The first-order chi connectivity index (χ1) is 8.09. The molecule has 0 atom stereocenters. The molecule has 4 nitrogen and oxygen atoms in total. The van der Waals surface area contributed by atoms with Crippen LogP contribution in [0.3, 0.4) is 0 Å². The van der Waals surface area contributed by atoms with E-state index >= 15 is 0 Å². The average molecular weight is 298 g/mol. The minimum atomic E-state index is -0.930. The van der Waals surface area contributed by atoms with Gasteiger partial charge in [0.25, 0.3) is 0 Å². The van der Waals surface area contributed by atoms with Crippen molar-refractivity contribution in [3.63, 3.8) is 0 Å². The summed E-state index contributed by atoms with van der Waals surface area (Å²) < 4.78 is 0.898. The smallest absolute Gasteiger partial charge is 0.305 e. The lowest BCUT2D eigenvalue weighted by Gasteiger charge is -1.99. The van der Waals surface area contributed by atoms with Gasteiger partial charge in [-0.2, -0.15) is 0 Å². The molecule has 0 aliphatic carbocycles. The van der Waals surface area contributed by atoms with Crippen LogP contribution in [0.2, 0.25) is 0 Å². The minimum absolute atomic E-state index is 0.0748. The summed E-state index contributed by atoms with van der Waals surface area (Å²) >= 11 is 3.36. The molecule has 0 aliphatic heterocycles. The predicted molar refractivity (Wildman–Crippen MR) is 68.4 cm³/mol. The first-order valence-electron chi connectivity index (χ1n) is 5.02. The first kappa shape index (κ1) is 13.4. The Bertz CT molecular complexity index is 443. The topological polar surface area (TPSA) is 66.4 Å². The van der Waals surface area contributed by atoms with E-state index in [-0.39, 0.29) is 18.9 Å². The minimum Gasteiger partial charge on any atom is -0.481 e. The lowest BCUT2D eigenvalue weighted by molar-refractivity contribution is -0.136. The molecule has 1 amide bonds. The summed E-state index contributed by atoms with van der Waals surface area (Å²) in [7, 11) is 0. The van der Waals surface area contributed by atoms with E-state index in [1.807, 2.05) is 24.3 Å². The highest BCUT2D eigenvalue weighted by Gasteiger charge is 1.99. The molecular weight excluding hydrogens is 286 g/mol. The molecule has 90 valence electrons. The molecule has 0 spiro atoms. The normalized spacial score (nSPS) is 10.4. The van der Waals surface area contributed by atoms with Crippen LogP contribution in [0.1, 0.15) is 12.0 Å². The zero-order chi connectivity index (χ0) is 12.7. The monoisotopic (exact) mass is 297 g/mol. The summed E-state index contributed by atoms with van der Waals surface area (Å²) in [5, 5.41) is 10.9. The van der Waals surface area contributed by atoms with E-state index < -0.39 is 5.97 Å². The van der Waals surface area contributed by atoms with Gasteiger partial charge in [-0.15, -0.1) is 0 Å². The molecule has 5 heteroatoms. The highest BCUT2D eigenvalue weighted by Crippen LogP contribution is 2.16. The number of carbonyl (C=O) groups is 2. The van der Waals surface area contributed by atoms with Gasteiger partial charge in [-0.1, -0.05) is 34.1 Å². The van der Waals surface area contributed by atoms with Gasteiger partial charge in [0.05, 0.1) is 6.42 Å². The van der Waals surface area contributed by atoms with Crippen LogP contribution in [0.5, 0.6) is 0 Å². The van der Waals surface area contributed by atoms with Crippen molar-refractivity contribution in [2.45, 2.75) is 6.42 Å². The second kappa shape index (κ2) is 6.85. The number of aliphatic carboxylic acids is 1. The molecule has 0 saturated carbocycles. The third-order valence-corrected chi connectivity index (χ3v) is 2.68. The number of halogens is 1. The fourth-order valence-corrected chi connectivity index (χ4v) is 1.54. The summed E-state index contributed by atoms with van der Waals surface area (Å²) in [6.45, 7) is 0.133. The van der Waals surface area contributed by atoms with E-state index in [9.17, 15) is 9.59 Å². The number of rotatable bonds is 5. The van der Waals surface area contributed by atoms with Crippen molar-refractivity contribution >= 4 is 33.9 Å². The number of amides is 1. The standard InChI is InChI=1S/C12H12BrNO3/c13-10-4-2-1-3-9(10)5-6-11(15)14-8-7-12(16)17/h1-6H,7-8H2,(H,14,15)(H,16,17)/b6-5+. The summed E-state index contributed by atoms with van der Waals surface area (Å²) in [6, 6.07) is 7.49. The maximum absolute atomic E-state index is 11.3. The molecule has 1 rings (SSSR count). The Labute approximate surface area is 107 Å². The zero-order valence-electron chi connectivity index (χ0n) is 9.02. The summed E-state index contributed by atoms with van der Waals surface area (Å²) in [4.78, 5) is 21.5. The van der Waals surface area contributed by atoms with Crippen molar-refractivity contribution in [1.82, 2.24) is 5.32 Å². The molecule has 2 N–H and O–H groups in total. The van der Waals surface area contributed by atoms with Gasteiger partial charge in [-0.3, -0.25) is 9.59 Å². The molecule has 0 saturated heterocycles. The first-order valence-corrected chi connectivity index (χ1v) is 5.81. The van der Waals surface area contributed by atoms with Crippen molar-refractivity contribution in [2.24, 2.45) is 0 Å². The summed E-state index contributed by atoms with van der Waals surface area (Å²) in [6.07, 6.45) is 2.97. The van der Waals surface area contributed by atoms with E-state index in [1.165, 1.54) is 6.08 Å². The molecule has 0 heterocycles. The van der Waals surface area contributed by atoms with Crippen molar-refractivity contribution < 1.29 is 14.7 Å². The van der Waals surface area contributed by atoms with Crippen LogP contribution in [-0.2, 0) is 9.59 Å². The molecular formula is C12H12BrNO3. The predicted octanol–water partition coefficient (Wildman–Crippen LogP) is 2.05. The van der Waals surface area contributed by atoms with Crippen molar-refractivity contribution in [3.05, 3.63) is 40.4 Å². The van der Waals surface area contributed by atoms with E-state index in [0.29, 0.717) is 0 Å². The molecule has 0 fully saturated rings. The number of hydrogen-bond acceptors (Lipinski definition) is 2. The maximum Gasteiger partial charge on any atom is 0.305 e. The highest BCUT2D eigenvalue weighted by molar-refractivity contribution is 9.10. The quantitative estimate of drug-likeness (QED) is 0.818. The number of carbonyl (C=O) groups excluding carboxylic acids is 1. The molecule has 0 radical (unpaired) electrons. The Morgan fingerprint density at radius 2 is 2.06 bits per heavy atom. The van der Waals surface area contributed by atoms with Crippen molar-refractivity contribution in [2.75, 3.05) is 6.54 Å². The second-order valence-corrected chi connectivity index (χ2v) is 4.14. The zero-order valence-corrected chi connectivity index (χ0v) is 10.6.